The number of benzene rings is 1. The molecule has 0 bridgehead atoms. The molecule has 5 rings (SSSR count). The van der Waals surface area contributed by atoms with E-state index in [2.05, 4.69) is 15.2 Å². The maximum atomic E-state index is 14.2. The number of hydrogen-bond donors (Lipinski definition) is 2. The number of hydrogen-bond acceptors (Lipinski definition) is 11. The summed E-state index contributed by atoms with van der Waals surface area (Å²) in [6, 6.07) is 11.2. The molecule has 1 aromatic carbocycles. The van der Waals surface area contributed by atoms with Gasteiger partial charge in [-0.15, -0.1) is 0 Å². The minimum absolute atomic E-state index is 0.195. The first-order valence-corrected chi connectivity index (χ1v) is 16.3. The van der Waals surface area contributed by atoms with Crippen LogP contribution >= 0.6 is 7.75 Å². The molecule has 2 fully saturated rings. The molecule has 4 heterocycles. The Morgan fingerprint density at radius 2 is 1.89 bits per heavy atom. The zero-order valence-electron chi connectivity index (χ0n) is 26.2. The second-order valence-electron chi connectivity index (χ2n) is 12.6. The van der Waals surface area contributed by atoms with E-state index in [1.807, 2.05) is 53.7 Å². The second kappa shape index (κ2) is 12.0. The zero-order chi connectivity index (χ0) is 31.9. The summed E-state index contributed by atoms with van der Waals surface area (Å²) < 4.78 is 52.4. The van der Waals surface area contributed by atoms with E-state index in [0.717, 1.165) is 6.42 Å². The predicted molar refractivity (Wildman–Crippen MR) is 162 cm³/mol. The van der Waals surface area contributed by atoms with Crippen molar-refractivity contribution in [1.82, 2.24) is 19.7 Å². The Morgan fingerprint density at radius 1 is 1.16 bits per heavy atom. The number of ether oxygens (including phenoxy) is 4. The van der Waals surface area contributed by atoms with Crippen LogP contribution in [0.5, 0.6) is 5.75 Å². The molecule has 2 aliphatic rings. The quantitative estimate of drug-likeness (QED) is 0.212. The molecule has 240 valence electrons. The maximum absolute atomic E-state index is 14.2. The lowest BCUT2D eigenvalue weighted by Gasteiger charge is -2.31. The molecule has 0 aliphatic carbocycles. The van der Waals surface area contributed by atoms with E-state index >= 15 is 0 Å². The first-order valence-electron chi connectivity index (χ1n) is 14.7. The number of nitrogens with two attached hydrogens (primary N) is 1. The fourth-order valence-corrected chi connectivity index (χ4v) is 6.77. The lowest BCUT2D eigenvalue weighted by atomic mass is 9.92. The Morgan fingerprint density at radius 3 is 2.59 bits per heavy atom. The summed E-state index contributed by atoms with van der Waals surface area (Å²) >= 11 is 0. The van der Waals surface area contributed by atoms with E-state index in [0.29, 0.717) is 22.8 Å². The molecule has 3 N–H and O–H groups in total. The third-order valence-electron chi connectivity index (χ3n) is 8.07. The van der Waals surface area contributed by atoms with Gasteiger partial charge in [0, 0.05) is 0 Å². The van der Waals surface area contributed by atoms with Crippen molar-refractivity contribution in [2.45, 2.75) is 90.6 Å². The minimum Gasteiger partial charge on any atom is -0.464 e. The van der Waals surface area contributed by atoms with Crippen LogP contribution in [-0.4, -0.2) is 63.9 Å². The number of nitrogens with one attached hydrogen (secondary N) is 1. The van der Waals surface area contributed by atoms with E-state index < -0.39 is 49.5 Å². The van der Waals surface area contributed by atoms with Crippen LogP contribution in [0.2, 0.25) is 0 Å². The number of nitrogens with zero attached hydrogens (tertiary/aromatic N) is 3. The average Bonchev–Trinajstić information content (AvgIpc) is 3.63. The molecule has 0 saturated carbocycles. The summed E-state index contributed by atoms with van der Waals surface area (Å²) in [5, 5.41) is 7.13. The van der Waals surface area contributed by atoms with Gasteiger partial charge in [0.1, 0.15) is 47.5 Å². The number of fused-ring (bicyclic) bond motifs is 2. The number of carbonyl (C=O) groups excluding carboxylic acids is 1. The highest BCUT2D eigenvalue weighted by atomic mass is 31.2. The zero-order valence-corrected chi connectivity index (χ0v) is 27.1. The smallest absolute Gasteiger partial charge is 0.459 e. The molecule has 2 saturated heterocycles. The van der Waals surface area contributed by atoms with Gasteiger partial charge in [-0.2, -0.15) is 10.2 Å². The summed E-state index contributed by atoms with van der Waals surface area (Å²) in [4.78, 5) is 16.9. The minimum atomic E-state index is -4.16. The monoisotopic (exact) mass is 631 g/mol. The van der Waals surface area contributed by atoms with Crippen molar-refractivity contribution in [1.29, 1.82) is 0 Å². The summed E-state index contributed by atoms with van der Waals surface area (Å²) in [5.74, 6) is -0.881. The summed E-state index contributed by atoms with van der Waals surface area (Å²) in [7, 11) is -4.16. The molecule has 6 atom stereocenters. The van der Waals surface area contributed by atoms with Gasteiger partial charge in [0.15, 0.2) is 11.6 Å². The van der Waals surface area contributed by atoms with Crippen molar-refractivity contribution in [2.75, 3.05) is 18.9 Å². The van der Waals surface area contributed by atoms with E-state index in [4.69, 9.17) is 33.7 Å². The maximum Gasteiger partial charge on any atom is 0.459 e. The normalized spacial score (nSPS) is 26.7. The molecule has 2 aromatic heterocycles. The van der Waals surface area contributed by atoms with E-state index in [1.54, 1.807) is 41.8 Å². The fourth-order valence-electron chi connectivity index (χ4n) is 5.26. The van der Waals surface area contributed by atoms with Gasteiger partial charge in [0.2, 0.25) is 0 Å². The number of carbonyl (C=O) groups is 1. The van der Waals surface area contributed by atoms with Crippen LogP contribution < -0.4 is 15.3 Å². The molecule has 2 aliphatic heterocycles. The topological polar surface area (TPSA) is 158 Å². The van der Waals surface area contributed by atoms with Crippen molar-refractivity contribution in [3.63, 3.8) is 0 Å². The molecule has 0 spiro atoms. The van der Waals surface area contributed by atoms with E-state index in [9.17, 15) is 9.36 Å². The molecule has 3 aromatic rings. The largest absolute Gasteiger partial charge is 0.464 e. The lowest BCUT2D eigenvalue weighted by Crippen LogP contribution is -2.39. The van der Waals surface area contributed by atoms with E-state index in [-0.39, 0.29) is 18.6 Å². The van der Waals surface area contributed by atoms with Crippen LogP contribution in [0.1, 0.15) is 60.6 Å². The van der Waals surface area contributed by atoms with Crippen molar-refractivity contribution in [3.05, 3.63) is 54.5 Å². The molecular formula is C30H42N5O8P. The Labute approximate surface area is 257 Å². The molecule has 0 amide bonds. The molecule has 0 radical (unpaired) electrons. The van der Waals surface area contributed by atoms with Crippen molar-refractivity contribution < 1.29 is 37.4 Å². The summed E-state index contributed by atoms with van der Waals surface area (Å²) in [5.41, 5.74) is 6.13. The Bertz CT molecular complexity index is 1530. The van der Waals surface area contributed by atoms with Gasteiger partial charge in [-0.25, -0.2) is 14.1 Å². The average molecular weight is 632 g/mol. The molecule has 13 nitrogen and oxygen atoms in total. The Kier molecular flexibility index (Phi) is 8.84. The highest BCUT2D eigenvalue weighted by Gasteiger charge is 2.62. The predicted octanol–water partition coefficient (Wildman–Crippen LogP) is 4.61. The van der Waals surface area contributed by atoms with Gasteiger partial charge < -0.3 is 29.2 Å². The Hall–Kier alpha value is -3.06. The molecular weight excluding hydrogens is 589 g/mol. The van der Waals surface area contributed by atoms with Gasteiger partial charge in [0.25, 0.3) is 0 Å². The van der Waals surface area contributed by atoms with Crippen LogP contribution in [0.15, 0.2) is 48.8 Å². The third kappa shape index (κ3) is 6.63. The van der Waals surface area contributed by atoms with E-state index in [1.165, 1.54) is 6.33 Å². The standard InChI is InChI=1S/C30H42N5O8P/c1-8-28(3,4)17-38-27(36)19(2)34-44(37,43-20-12-10-9-11-13-20)39-16-22-24-25(42-29(5,6)41-24)30(7,40-22)23-15-14-21-26(31)32-18-33-35(21)23/h9-15,18-19,22,24-25H,8,16-17H2,1-7H3,(H,34,37)(H2,31,32,33)/t19-,22+,24+,25+,30-,44?/m0/s1. The molecule has 44 heavy (non-hydrogen) atoms. The number of rotatable bonds is 12. The van der Waals surface area contributed by atoms with Crippen LogP contribution in [0, 0.1) is 5.41 Å². The van der Waals surface area contributed by atoms with Crippen molar-refractivity contribution in [2.24, 2.45) is 5.41 Å². The molecule has 1 unspecified atom stereocenters. The first-order chi connectivity index (χ1) is 20.7. The van der Waals surface area contributed by atoms with Crippen LogP contribution in [0.3, 0.4) is 0 Å². The van der Waals surface area contributed by atoms with Gasteiger partial charge in [-0.1, -0.05) is 39.0 Å². The second-order valence-corrected chi connectivity index (χ2v) is 14.3. The van der Waals surface area contributed by atoms with Crippen molar-refractivity contribution >= 4 is 25.1 Å². The first kappa shape index (κ1) is 32.3. The van der Waals surface area contributed by atoms with Gasteiger partial charge >= 0.3 is 13.7 Å². The number of nitrogen functional groups attached to an aromatic ring is 1. The Balaban J connectivity index is 1.38. The summed E-state index contributed by atoms with van der Waals surface area (Å²) in [6.45, 7) is 13.1. The highest BCUT2D eigenvalue weighted by molar-refractivity contribution is 7.52. The lowest BCUT2D eigenvalue weighted by molar-refractivity contribution is -0.211. The third-order valence-corrected chi connectivity index (χ3v) is 9.71. The summed E-state index contributed by atoms with van der Waals surface area (Å²) in [6.07, 6.45) is 0.294. The fraction of sp³-hybridized carbons (Fsp3) is 0.567. The highest BCUT2D eigenvalue weighted by Crippen LogP contribution is 2.51. The van der Waals surface area contributed by atoms with Crippen LogP contribution in [-0.2, 0) is 38.4 Å². The van der Waals surface area contributed by atoms with Gasteiger partial charge in [-0.3, -0.25) is 9.32 Å². The number of para-hydroxylation sites is 1. The van der Waals surface area contributed by atoms with Crippen LogP contribution in [0.4, 0.5) is 5.82 Å². The van der Waals surface area contributed by atoms with Gasteiger partial charge in [0.05, 0.1) is 18.9 Å². The molecule has 14 heteroatoms. The van der Waals surface area contributed by atoms with Gasteiger partial charge in [-0.05, 0) is 63.8 Å². The van der Waals surface area contributed by atoms with Crippen molar-refractivity contribution in [3.8, 4) is 5.75 Å². The number of aromatic nitrogens is 3. The van der Waals surface area contributed by atoms with Crippen LogP contribution in [0.25, 0.3) is 5.52 Å². The number of anilines is 1. The SMILES string of the molecule is CCC(C)(C)COC(=O)[C@H](C)NP(=O)(OC[C@H]1O[C@@](C)(c2ccc3c(N)ncnn23)[C@@H]2OC(C)(C)O[C@@H]21)Oc1ccccc1. The number of esters is 1.